The van der Waals surface area contributed by atoms with E-state index in [1.165, 1.54) is 4.90 Å². The molecule has 3 rings (SSSR count). The topological polar surface area (TPSA) is 54.5 Å². The maximum Gasteiger partial charge on any atom is 0.237 e. The average Bonchev–Trinajstić information content (AvgIpc) is 2.96. The van der Waals surface area contributed by atoms with Crippen molar-refractivity contribution in [3.63, 3.8) is 0 Å². The fourth-order valence-electron chi connectivity index (χ4n) is 3.99. The van der Waals surface area contributed by atoms with Gasteiger partial charge in [-0.05, 0) is 34.6 Å². The number of carbonyl (C=O) groups excluding carboxylic acids is 3. The summed E-state index contributed by atoms with van der Waals surface area (Å²) in [6, 6.07) is 17.2. The first kappa shape index (κ1) is 21.0. The van der Waals surface area contributed by atoms with Crippen LogP contribution in [-0.2, 0) is 26.2 Å². The highest BCUT2D eigenvalue weighted by Gasteiger charge is 2.41. The Morgan fingerprint density at radius 3 is 2.21 bits per heavy atom. The summed E-state index contributed by atoms with van der Waals surface area (Å²) in [6.07, 6.45) is 1.13. The molecular weight excluding hydrogens is 362 g/mol. The lowest BCUT2D eigenvalue weighted by atomic mass is 9.79. The van der Waals surface area contributed by atoms with E-state index in [0.29, 0.717) is 18.5 Å². The molecule has 2 aromatic carbocycles. The van der Waals surface area contributed by atoms with Crippen molar-refractivity contribution in [2.24, 2.45) is 11.8 Å². The second-order valence-corrected chi connectivity index (χ2v) is 8.93. The molecule has 2 amide bonds. The minimum Gasteiger partial charge on any atom is -0.299 e. The van der Waals surface area contributed by atoms with Gasteiger partial charge in [0.15, 0.2) is 0 Å². The predicted octanol–water partition coefficient (Wildman–Crippen LogP) is 4.70. The summed E-state index contributed by atoms with van der Waals surface area (Å²) in [7, 11) is 0. The summed E-state index contributed by atoms with van der Waals surface area (Å²) in [5.41, 5.74) is 2.32. The number of benzene rings is 2. The lowest BCUT2D eigenvalue weighted by Gasteiger charge is -2.25. The minimum atomic E-state index is -0.329. The SMILES string of the molecule is CC(C)C1CC(=O)N(c2ccc(C(C)(C)CC(=O)Cc3ccccc3)cc2)C1=O. The van der Waals surface area contributed by atoms with Crippen molar-refractivity contribution in [3.05, 3.63) is 65.7 Å². The molecular formula is C25H29NO3. The summed E-state index contributed by atoms with van der Waals surface area (Å²) >= 11 is 0. The molecule has 4 heteroatoms. The van der Waals surface area contributed by atoms with Crippen LogP contribution in [0.2, 0.25) is 0 Å². The van der Waals surface area contributed by atoms with Crippen molar-refractivity contribution in [2.45, 2.75) is 52.4 Å². The molecule has 1 atom stereocenters. The zero-order valence-electron chi connectivity index (χ0n) is 17.6. The highest BCUT2D eigenvalue weighted by atomic mass is 16.2. The highest BCUT2D eigenvalue weighted by Crippen LogP contribution is 2.33. The molecule has 0 aliphatic carbocycles. The number of amides is 2. The molecule has 29 heavy (non-hydrogen) atoms. The quantitative estimate of drug-likeness (QED) is 0.643. The van der Waals surface area contributed by atoms with Crippen LogP contribution in [0.25, 0.3) is 0 Å². The average molecular weight is 392 g/mol. The third-order valence-electron chi connectivity index (χ3n) is 5.78. The van der Waals surface area contributed by atoms with E-state index in [1.54, 1.807) is 0 Å². The van der Waals surface area contributed by atoms with Crippen LogP contribution in [0.5, 0.6) is 0 Å². The van der Waals surface area contributed by atoms with Crippen LogP contribution in [0.1, 0.15) is 51.7 Å². The standard InChI is InChI=1S/C25H29NO3/c1-17(2)22-15-23(28)26(24(22)29)20-12-10-19(11-13-20)25(3,4)16-21(27)14-18-8-6-5-7-9-18/h5-13,17,22H,14-16H2,1-4H3. The fraction of sp³-hybridized carbons (Fsp3) is 0.400. The third-order valence-corrected chi connectivity index (χ3v) is 5.78. The molecule has 1 fully saturated rings. The normalized spacial score (nSPS) is 17.3. The van der Waals surface area contributed by atoms with Crippen LogP contribution < -0.4 is 4.90 Å². The molecule has 4 nitrogen and oxygen atoms in total. The number of rotatable bonds is 7. The van der Waals surface area contributed by atoms with Crippen LogP contribution >= 0.6 is 0 Å². The monoisotopic (exact) mass is 391 g/mol. The number of hydrogen-bond acceptors (Lipinski definition) is 3. The van der Waals surface area contributed by atoms with E-state index in [-0.39, 0.29) is 41.3 Å². The lowest BCUT2D eigenvalue weighted by Crippen LogP contribution is -2.31. The Kier molecular flexibility index (Phi) is 6.02. The fourth-order valence-corrected chi connectivity index (χ4v) is 3.99. The van der Waals surface area contributed by atoms with Gasteiger partial charge in [-0.3, -0.25) is 19.3 Å². The lowest BCUT2D eigenvalue weighted by molar-refractivity contribution is -0.123. The number of imide groups is 1. The van der Waals surface area contributed by atoms with Gasteiger partial charge in [0, 0.05) is 19.3 Å². The van der Waals surface area contributed by atoms with E-state index in [9.17, 15) is 14.4 Å². The number of ketones is 1. The Balaban J connectivity index is 1.71. The summed E-state index contributed by atoms with van der Waals surface area (Å²) < 4.78 is 0. The van der Waals surface area contributed by atoms with Crippen molar-refractivity contribution in [2.75, 3.05) is 4.90 Å². The molecule has 1 saturated heterocycles. The van der Waals surface area contributed by atoms with Crippen molar-refractivity contribution in [1.82, 2.24) is 0 Å². The Morgan fingerprint density at radius 1 is 1.03 bits per heavy atom. The molecule has 1 heterocycles. The first-order chi connectivity index (χ1) is 13.7. The van der Waals surface area contributed by atoms with E-state index >= 15 is 0 Å². The molecule has 1 unspecified atom stereocenters. The van der Waals surface area contributed by atoms with Gasteiger partial charge in [0.05, 0.1) is 11.6 Å². The molecule has 2 aromatic rings. The molecule has 0 bridgehead atoms. The Bertz CT molecular complexity index is 897. The third kappa shape index (κ3) is 4.64. The first-order valence-corrected chi connectivity index (χ1v) is 10.2. The maximum atomic E-state index is 12.6. The molecule has 0 saturated carbocycles. The molecule has 1 aliphatic heterocycles. The summed E-state index contributed by atoms with van der Waals surface area (Å²) in [6.45, 7) is 8.03. The number of nitrogens with zero attached hydrogens (tertiary/aromatic N) is 1. The summed E-state index contributed by atoms with van der Waals surface area (Å²) in [4.78, 5) is 38.9. The van der Waals surface area contributed by atoms with Gasteiger partial charge in [-0.25, -0.2) is 0 Å². The van der Waals surface area contributed by atoms with Gasteiger partial charge in [-0.15, -0.1) is 0 Å². The van der Waals surface area contributed by atoms with Gasteiger partial charge < -0.3 is 0 Å². The van der Waals surface area contributed by atoms with Gasteiger partial charge in [0.2, 0.25) is 11.8 Å². The van der Waals surface area contributed by atoms with Crippen LogP contribution in [0.4, 0.5) is 5.69 Å². The maximum absolute atomic E-state index is 12.6. The minimum absolute atomic E-state index is 0.116. The second-order valence-electron chi connectivity index (χ2n) is 8.93. The Morgan fingerprint density at radius 2 is 1.66 bits per heavy atom. The smallest absolute Gasteiger partial charge is 0.237 e. The molecule has 1 aliphatic rings. The Hall–Kier alpha value is -2.75. The van der Waals surface area contributed by atoms with Crippen LogP contribution in [-0.4, -0.2) is 17.6 Å². The summed E-state index contributed by atoms with van der Waals surface area (Å²) in [5, 5.41) is 0. The van der Waals surface area contributed by atoms with E-state index in [1.807, 2.05) is 82.3 Å². The van der Waals surface area contributed by atoms with E-state index in [4.69, 9.17) is 0 Å². The van der Waals surface area contributed by atoms with E-state index in [0.717, 1.165) is 11.1 Å². The predicted molar refractivity (Wildman–Crippen MR) is 115 cm³/mol. The van der Waals surface area contributed by atoms with Crippen LogP contribution in [0.15, 0.2) is 54.6 Å². The van der Waals surface area contributed by atoms with Crippen molar-refractivity contribution in [1.29, 1.82) is 0 Å². The van der Waals surface area contributed by atoms with Gasteiger partial charge in [0.1, 0.15) is 5.78 Å². The number of Topliss-reactive ketones (excluding diaryl/α,β-unsaturated/α-hetero) is 1. The van der Waals surface area contributed by atoms with E-state index in [2.05, 4.69) is 0 Å². The van der Waals surface area contributed by atoms with Crippen molar-refractivity contribution < 1.29 is 14.4 Å². The van der Waals surface area contributed by atoms with Crippen LogP contribution in [0.3, 0.4) is 0 Å². The van der Waals surface area contributed by atoms with Gasteiger partial charge >= 0.3 is 0 Å². The first-order valence-electron chi connectivity index (χ1n) is 10.2. The molecule has 0 N–H and O–H groups in total. The zero-order valence-corrected chi connectivity index (χ0v) is 17.6. The van der Waals surface area contributed by atoms with Crippen LogP contribution in [0, 0.1) is 11.8 Å². The van der Waals surface area contributed by atoms with Crippen molar-refractivity contribution >= 4 is 23.3 Å². The second kappa shape index (κ2) is 8.32. The largest absolute Gasteiger partial charge is 0.299 e. The summed E-state index contributed by atoms with van der Waals surface area (Å²) in [5.74, 6) is -0.164. The number of carbonyl (C=O) groups is 3. The molecule has 0 aromatic heterocycles. The van der Waals surface area contributed by atoms with E-state index < -0.39 is 0 Å². The Labute approximate surface area is 172 Å². The highest BCUT2D eigenvalue weighted by molar-refractivity contribution is 6.21. The van der Waals surface area contributed by atoms with Gasteiger partial charge in [-0.2, -0.15) is 0 Å². The number of anilines is 1. The van der Waals surface area contributed by atoms with Gasteiger partial charge in [0.25, 0.3) is 0 Å². The zero-order chi connectivity index (χ0) is 21.2. The molecule has 0 spiro atoms. The van der Waals surface area contributed by atoms with Crippen molar-refractivity contribution in [3.8, 4) is 0 Å². The van der Waals surface area contributed by atoms with Gasteiger partial charge in [-0.1, -0.05) is 70.2 Å². The number of hydrogen-bond donors (Lipinski definition) is 0. The molecule has 152 valence electrons. The molecule has 0 radical (unpaired) electrons.